The van der Waals surface area contributed by atoms with Gasteiger partial charge in [-0.3, -0.25) is 4.79 Å². The van der Waals surface area contributed by atoms with Crippen LogP contribution in [0.1, 0.15) is 23.7 Å². The summed E-state index contributed by atoms with van der Waals surface area (Å²) in [7, 11) is 0. The van der Waals surface area contributed by atoms with E-state index in [0.717, 1.165) is 5.03 Å². The van der Waals surface area contributed by atoms with E-state index in [1.807, 2.05) is 25.1 Å². The molecule has 0 aliphatic heterocycles. The molecule has 0 saturated carbocycles. The summed E-state index contributed by atoms with van der Waals surface area (Å²) in [5.41, 5.74) is 0.682. The van der Waals surface area contributed by atoms with Crippen molar-refractivity contribution in [2.75, 3.05) is 12.4 Å². The van der Waals surface area contributed by atoms with Crippen molar-refractivity contribution in [3.05, 3.63) is 54.2 Å². The molecule has 0 bridgehead atoms. The van der Waals surface area contributed by atoms with Gasteiger partial charge in [-0.1, -0.05) is 13.0 Å². The molecule has 0 saturated heterocycles. The number of benzene rings is 1. The number of pyridine rings is 1. The third-order valence-electron chi connectivity index (χ3n) is 3.00. The predicted octanol–water partition coefficient (Wildman–Crippen LogP) is 3.21. The number of nitrogens with zero attached hydrogens (tertiary/aromatic N) is 1. The van der Waals surface area contributed by atoms with Gasteiger partial charge < -0.3 is 9.84 Å². The molecule has 0 unspecified atom stereocenters. The molecule has 1 aromatic carbocycles. The van der Waals surface area contributed by atoms with Gasteiger partial charge in [-0.2, -0.15) is 0 Å². The number of carbonyl (C=O) groups is 1. The number of aliphatic hydroxyl groups excluding tert-OH is 1. The van der Waals surface area contributed by atoms with Crippen molar-refractivity contribution in [3.63, 3.8) is 0 Å². The maximum absolute atomic E-state index is 11.5. The van der Waals surface area contributed by atoms with Crippen LogP contribution in [0, 0.1) is 0 Å². The van der Waals surface area contributed by atoms with Crippen LogP contribution in [-0.4, -0.2) is 34.3 Å². The number of thioether (sulfide) groups is 1. The van der Waals surface area contributed by atoms with Crippen LogP contribution in [0.4, 0.5) is 0 Å². The molecule has 1 aromatic heterocycles. The fourth-order valence-corrected chi connectivity index (χ4v) is 2.57. The highest BCUT2D eigenvalue weighted by Gasteiger charge is 2.08. The number of Topliss-reactive ketones (excluding diaryl/α,β-unsaturated/α-hetero) is 1. The Labute approximate surface area is 134 Å². The molecule has 1 heterocycles. The molecule has 0 aliphatic carbocycles. The highest BCUT2D eigenvalue weighted by molar-refractivity contribution is 7.99. The lowest BCUT2D eigenvalue weighted by Crippen LogP contribution is -2.20. The summed E-state index contributed by atoms with van der Waals surface area (Å²) in [6.07, 6.45) is 1.64. The van der Waals surface area contributed by atoms with Crippen LogP contribution < -0.4 is 4.74 Å². The van der Waals surface area contributed by atoms with Crippen LogP contribution in [0.5, 0.6) is 5.75 Å². The Kier molecular flexibility index (Phi) is 6.43. The predicted molar refractivity (Wildman–Crippen MR) is 87.5 cm³/mol. The molecule has 5 heteroatoms. The number of aromatic nitrogens is 1. The van der Waals surface area contributed by atoms with Crippen LogP contribution in [0.3, 0.4) is 0 Å². The zero-order valence-electron chi connectivity index (χ0n) is 12.4. The van der Waals surface area contributed by atoms with Gasteiger partial charge in [0.25, 0.3) is 0 Å². The first-order valence-electron chi connectivity index (χ1n) is 7.17. The van der Waals surface area contributed by atoms with Gasteiger partial charge in [0.2, 0.25) is 0 Å². The number of ether oxygens (including phenoxy) is 1. The van der Waals surface area contributed by atoms with Gasteiger partial charge >= 0.3 is 0 Å². The van der Waals surface area contributed by atoms with E-state index in [1.54, 1.807) is 30.5 Å². The van der Waals surface area contributed by atoms with Gasteiger partial charge in [-0.15, -0.1) is 11.8 Å². The maximum Gasteiger partial charge on any atom is 0.162 e. The quantitative estimate of drug-likeness (QED) is 0.598. The van der Waals surface area contributed by atoms with Crippen LogP contribution in [0.25, 0.3) is 0 Å². The Morgan fingerprint density at radius 2 is 2.05 bits per heavy atom. The second kappa shape index (κ2) is 8.56. The third kappa shape index (κ3) is 5.16. The second-order valence-electron chi connectivity index (χ2n) is 4.74. The molecule has 4 nitrogen and oxygen atoms in total. The van der Waals surface area contributed by atoms with Gasteiger partial charge in [-0.05, 0) is 36.4 Å². The minimum absolute atomic E-state index is 0.110. The Bertz CT molecular complexity index is 587. The summed E-state index contributed by atoms with van der Waals surface area (Å²) in [6, 6.07) is 12.7. The van der Waals surface area contributed by atoms with E-state index in [1.165, 1.54) is 11.8 Å². The lowest BCUT2D eigenvalue weighted by atomic mass is 10.1. The average molecular weight is 317 g/mol. The van der Waals surface area contributed by atoms with Crippen LogP contribution >= 0.6 is 11.8 Å². The van der Waals surface area contributed by atoms with E-state index in [4.69, 9.17) is 4.74 Å². The Hall–Kier alpha value is -1.85. The minimum atomic E-state index is -0.580. The standard InChI is InChI=1S/C17H19NO3S/c1-2-16(20)13-6-8-15(9-7-13)21-11-14(19)12-22-17-5-3-4-10-18-17/h3-10,14,19H,2,11-12H2,1H3/t14-/m0/s1. The normalized spacial score (nSPS) is 11.9. The smallest absolute Gasteiger partial charge is 0.162 e. The van der Waals surface area contributed by atoms with Crippen molar-refractivity contribution in [2.24, 2.45) is 0 Å². The van der Waals surface area contributed by atoms with Crippen molar-refractivity contribution in [1.29, 1.82) is 0 Å². The Balaban J connectivity index is 1.76. The summed E-state index contributed by atoms with van der Waals surface area (Å²) >= 11 is 1.49. The van der Waals surface area contributed by atoms with Crippen molar-refractivity contribution < 1.29 is 14.6 Å². The van der Waals surface area contributed by atoms with Gasteiger partial charge in [0.1, 0.15) is 12.4 Å². The van der Waals surface area contributed by atoms with E-state index in [9.17, 15) is 9.90 Å². The molecule has 1 atom stereocenters. The van der Waals surface area contributed by atoms with E-state index in [2.05, 4.69) is 4.98 Å². The molecule has 1 N–H and O–H groups in total. The zero-order chi connectivity index (χ0) is 15.8. The SMILES string of the molecule is CCC(=O)c1ccc(OC[C@H](O)CSc2ccccn2)cc1. The van der Waals surface area contributed by atoms with E-state index >= 15 is 0 Å². The average Bonchev–Trinajstić information content (AvgIpc) is 2.58. The molecule has 22 heavy (non-hydrogen) atoms. The summed E-state index contributed by atoms with van der Waals surface area (Å²) in [6.45, 7) is 2.04. The molecule has 2 aromatic rings. The molecule has 0 aliphatic rings. The van der Waals surface area contributed by atoms with Gasteiger partial charge in [-0.25, -0.2) is 4.98 Å². The number of hydrogen-bond acceptors (Lipinski definition) is 5. The first kappa shape index (κ1) is 16.5. The number of aliphatic hydroxyl groups is 1. The maximum atomic E-state index is 11.5. The lowest BCUT2D eigenvalue weighted by Gasteiger charge is -2.12. The van der Waals surface area contributed by atoms with E-state index < -0.39 is 6.10 Å². The van der Waals surface area contributed by atoms with Gasteiger partial charge in [0.05, 0.1) is 11.1 Å². The lowest BCUT2D eigenvalue weighted by molar-refractivity contribution is 0.0987. The molecule has 2 rings (SSSR count). The fraction of sp³-hybridized carbons (Fsp3) is 0.294. The summed E-state index contributed by atoms with van der Waals surface area (Å²) in [4.78, 5) is 15.7. The number of ketones is 1. The highest BCUT2D eigenvalue weighted by atomic mass is 32.2. The van der Waals surface area contributed by atoms with Crippen molar-refractivity contribution in [2.45, 2.75) is 24.5 Å². The first-order chi connectivity index (χ1) is 10.7. The van der Waals surface area contributed by atoms with Crippen molar-refractivity contribution >= 4 is 17.5 Å². The first-order valence-corrected chi connectivity index (χ1v) is 8.15. The topological polar surface area (TPSA) is 59.4 Å². The molecule has 0 amide bonds. The number of carbonyl (C=O) groups excluding carboxylic acids is 1. The summed E-state index contributed by atoms with van der Waals surface area (Å²) in [5, 5.41) is 10.8. The van der Waals surface area contributed by atoms with Crippen molar-refractivity contribution in [3.8, 4) is 5.75 Å². The third-order valence-corrected chi connectivity index (χ3v) is 4.09. The number of hydrogen-bond donors (Lipinski definition) is 1. The molecule has 0 spiro atoms. The molecule has 116 valence electrons. The Morgan fingerprint density at radius 1 is 1.27 bits per heavy atom. The summed E-state index contributed by atoms with van der Waals surface area (Å²) in [5.74, 6) is 1.27. The minimum Gasteiger partial charge on any atom is -0.491 e. The van der Waals surface area contributed by atoms with Gasteiger partial charge in [0.15, 0.2) is 5.78 Å². The highest BCUT2D eigenvalue weighted by Crippen LogP contribution is 2.17. The zero-order valence-corrected chi connectivity index (χ0v) is 13.3. The summed E-state index contributed by atoms with van der Waals surface area (Å²) < 4.78 is 5.53. The fourth-order valence-electron chi connectivity index (χ4n) is 1.80. The van der Waals surface area contributed by atoms with E-state index in [0.29, 0.717) is 23.5 Å². The Morgan fingerprint density at radius 3 is 2.68 bits per heavy atom. The monoisotopic (exact) mass is 317 g/mol. The molecular formula is C17H19NO3S. The van der Waals surface area contributed by atoms with E-state index in [-0.39, 0.29) is 12.4 Å². The molecule has 0 fully saturated rings. The van der Waals surface area contributed by atoms with Crippen LogP contribution in [0.15, 0.2) is 53.7 Å². The van der Waals surface area contributed by atoms with Crippen LogP contribution in [0.2, 0.25) is 0 Å². The number of rotatable bonds is 8. The van der Waals surface area contributed by atoms with Crippen LogP contribution in [-0.2, 0) is 0 Å². The molecular weight excluding hydrogens is 298 g/mol. The second-order valence-corrected chi connectivity index (χ2v) is 5.79. The largest absolute Gasteiger partial charge is 0.491 e. The van der Waals surface area contributed by atoms with Gasteiger partial charge in [0, 0.05) is 23.9 Å². The molecule has 0 radical (unpaired) electrons. The van der Waals surface area contributed by atoms with Crippen molar-refractivity contribution in [1.82, 2.24) is 4.98 Å².